The summed E-state index contributed by atoms with van der Waals surface area (Å²) in [4.78, 5) is 33.2. The van der Waals surface area contributed by atoms with Crippen LogP contribution in [0.3, 0.4) is 0 Å². The van der Waals surface area contributed by atoms with Crippen LogP contribution in [0.15, 0.2) is 48.8 Å². The lowest BCUT2D eigenvalue weighted by Gasteiger charge is -2.40. The second kappa shape index (κ2) is 16.4. The van der Waals surface area contributed by atoms with E-state index in [1.807, 2.05) is 13.8 Å². The number of nitrogens with one attached hydrogen (secondary N) is 1. The lowest BCUT2D eigenvalue weighted by atomic mass is 9.84. The molecule has 1 aliphatic carbocycles. The highest BCUT2D eigenvalue weighted by atomic mass is 19.3. The van der Waals surface area contributed by atoms with Gasteiger partial charge in [0.05, 0.1) is 6.10 Å². The highest BCUT2D eigenvalue weighted by Crippen LogP contribution is 2.33. The quantitative estimate of drug-likeness (QED) is 0.372. The average Bonchev–Trinajstić information content (AvgIpc) is 3.00. The van der Waals surface area contributed by atoms with E-state index in [1.165, 1.54) is 18.2 Å². The van der Waals surface area contributed by atoms with E-state index in [1.54, 1.807) is 35.5 Å². The van der Waals surface area contributed by atoms with Gasteiger partial charge in [-0.2, -0.15) is 0 Å². The third-order valence-corrected chi connectivity index (χ3v) is 7.68. The zero-order valence-corrected chi connectivity index (χ0v) is 23.6. The third-order valence-electron chi connectivity index (χ3n) is 7.68. The van der Waals surface area contributed by atoms with Crippen LogP contribution in [0.5, 0.6) is 0 Å². The molecule has 1 aromatic carbocycles. The minimum atomic E-state index is -2.69. The van der Waals surface area contributed by atoms with Gasteiger partial charge in [-0.3, -0.25) is 14.6 Å². The highest BCUT2D eigenvalue weighted by molar-refractivity contribution is 5.89. The van der Waals surface area contributed by atoms with Gasteiger partial charge in [-0.25, -0.2) is 8.78 Å². The van der Waals surface area contributed by atoms with E-state index in [0.29, 0.717) is 44.0 Å². The van der Waals surface area contributed by atoms with Gasteiger partial charge in [0, 0.05) is 51.6 Å². The second-order valence-corrected chi connectivity index (χ2v) is 10.3. The molecule has 0 bridgehead atoms. The molecule has 2 aromatic rings. The lowest BCUT2D eigenvalue weighted by molar-refractivity contribution is -0.146. The molecule has 1 aliphatic heterocycles. The summed E-state index contributed by atoms with van der Waals surface area (Å²) in [5.74, 6) is -0.219. The maximum absolute atomic E-state index is 13.9. The molecule has 1 atom stereocenters. The Hall–Kier alpha value is -2.91. The fourth-order valence-electron chi connectivity index (χ4n) is 5.50. The summed E-state index contributed by atoms with van der Waals surface area (Å²) in [6.45, 7) is 5.17. The summed E-state index contributed by atoms with van der Waals surface area (Å²) in [5, 5.41) is 12.8. The highest BCUT2D eigenvalue weighted by Gasteiger charge is 2.37. The van der Waals surface area contributed by atoms with Gasteiger partial charge in [-0.15, -0.1) is 0 Å². The number of aliphatic hydroxyl groups excluding tert-OH is 1. The molecule has 2 heterocycles. The molecule has 1 saturated heterocycles. The van der Waals surface area contributed by atoms with Gasteiger partial charge < -0.3 is 20.1 Å². The van der Waals surface area contributed by atoms with Gasteiger partial charge in [-0.1, -0.05) is 32.0 Å². The van der Waals surface area contributed by atoms with Gasteiger partial charge in [-0.05, 0) is 80.2 Å². The molecule has 1 unspecified atom stereocenters. The molecule has 222 valence electrons. The molecule has 2 aliphatic rings. The second-order valence-electron chi connectivity index (χ2n) is 10.3. The number of hydrogen-bond donors (Lipinski definition) is 2. The van der Waals surface area contributed by atoms with Gasteiger partial charge in [0.25, 0.3) is 6.43 Å². The molecule has 4 rings (SSSR count). The van der Waals surface area contributed by atoms with Crippen LogP contribution in [0.25, 0.3) is 0 Å². The van der Waals surface area contributed by atoms with Crippen molar-refractivity contribution in [2.24, 2.45) is 5.92 Å². The number of halogens is 2. The number of alkyl halides is 2. The number of carbonyl (C=O) groups excluding carboxylic acids is 2. The fourth-order valence-corrected chi connectivity index (χ4v) is 5.50. The van der Waals surface area contributed by atoms with Crippen molar-refractivity contribution < 1.29 is 29.6 Å². The van der Waals surface area contributed by atoms with E-state index in [2.05, 4.69) is 10.3 Å². The number of rotatable bonds is 10. The number of pyridine rings is 1. The number of hydrogen-bond acceptors (Lipinski definition) is 5. The molecule has 1 saturated carbocycles. The van der Waals surface area contributed by atoms with Gasteiger partial charge in [0.1, 0.15) is 6.04 Å². The summed E-state index contributed by atoms with van der Waals surface area (Å²) in [5.41, 5.74) is 1.03. The zero-order valence-electron chi connectivity index (χ0n) is 23.6. The minimum Gasteiger partial charge on any atom is -0.393 e. The molecule has 1 aromatic heterocycles. The van der Waals surface area contributed by atoms with E-state index in [4.69, 9.17) is 4.74 Å². The van der Waals surface area contributed by atoms with Gasteiger partial charge >= 0.3 is 0 Å². The Morgan fingerprint density at radius 2 is 1.70 bits per heavy atom. The Bertz CT molecular complexity index is 1050. The maximum atomic E-state index is 13.9. The number of aromatic nitrogens is 1. The number of benzene rings is 1. The minimum absolute atomic E-state index is 0. The first kappa shape index (κ1) is 31.6. The molecular weight excluding hydrogens is 516 g/mol. The first-order valence-electron chi connectivity index (χ1n) is 14.5. The Kier molecular flexibility index (Phi) is 12.9. The van der Waals surface area contributed by atoms with Crippen molar-refractivity contribution in [3.8, 4) is 0 Å². The molecule has 7 nitrogen and oxygen atoms in total. The summed E-state index contributed by atoms with van der Waals surface area (Å²) in [7, 11) is 0. The number of carbonyl (C=O) groups is 2. The molecule has 2 N–H and O–H groups in total. The molecular formula is C31H45F2N3O4. The predicted octanol–water partition coefficient (Wildman–Crippen LogP) is 5.99. The van der Waals surface area contributed by atoms with Crippen LogP contribution >= 0.6 is 0 Å². The monoisotopic (exact) mass is 561 g/mol. The van der Waals surface area contributed by atoms with Gasteiger partial charge in [0.15, 0.2) is 0 Å². The normalized spacial score (nSPS) is 20.2. The molecule has 9 heteroatoms. The first-order valence-corrected chi connectivity index (χ1v) is 14.5. The van der Waals surface area contributed by atoms with Crippen molar-refractivity contribution in [2.45, 2.75) is 96.4 Å². The van der Waals surface area contributed by atoms with E-state index in [-0.39, 0.29) is 38.0 Å². The van der Waals surface area contributed by atoms with Crippen LogP contribution < -0.4 is 5.32 Å². The van der Waals surface area contributed by atoms with Crippen molar-refractivity contribution in [1.29, 1.82) is 0 Å². The maximum Gasteiger partial charge on any atom is 0.263 e. The van der Waals surface area contributed by atoms with Crippen LogP contribution in [0.2, 0.25) is 0 Å². The van der Waals surface area contributed by atoms with Crippen LogP contribution in [-0.4, -0.2) is 52.2 Å². The summed E-state index contributed by atoms with van der Waals surface area (Å²) < 4.78 is 32.8. The number of amides is 2. The first-order chi connectivity index (χ1) is 19.4. The van der Waals surface area contributed by atoms with E-state index in [9.17, 15) is 23.5 Å². The third kappa shape index (κ3) is 9.06. The average molecular weight is 562 g/mol. The molecule has 0 spiro atoms. The van der Waals surface area contributed by atoms with Crippen molar-refractivity contribution in [3.63, 3.8) is 0 Å². The summed E-state index contributed by atoms with van der Waals surface area (Å²) >= 11 is 0. The van der Waals surface area contributed by atoms with Crippen LogP contribution in [0.4, 0.5) is 8.78 Å². The fraction of sp³-hybridized carbons (Fsp3) is 0.581. The number of aliphatic hydroxyl groups is 1. The molecule has 2 fully saturated rings. The lowest BCUT2D eigenvalue weighted by Crippen LogP contribution is -2.50. The number of ether oxygens (including phenoxy) is 1. The van der Waals surface area contributed by atoms with Gasteiger partial charge in [0.2, 0.25) is 11.8 Å². The standard InChI is InChI=1S/C29H37F2N3O4.C2H6.H2/c30-28(31)23-3-1-2-22(18-23)27(29(37)33-19-21-10-14-32-15-11-21)34(24-12-16-38-17-13-24)26(36)9-6-20-4-7-25(35)8-5-20;1-2;/h1-3,10-11,14-15,18,20,24-25,27-28,35H,4-9,12-13,16-17,19H2,(H,33,37);1-2H3;1H. The van der Waals surface area contributed by atoms with Crippen LogP contribution in [0.1, 0.15) is 95.8 Å². The van der Waals surface area contributed by atoms with Crippen LogP contribution in [-0.2, 0) is 20.9 Å². The van der Waals surface area contributed by atoms with E-state index >= 15 is 0 Å². The Labute approximate surface area is 237 Å². The largest absolute Gasteiger partial charge is 0.393 e. The Morgan fingerprint density at radius 1 is 1.05 bits per heavy atom. The predicted molar refractivity (Wildman–Crippen MR) is 152 cm³/mol. The van der Waals surface area contributed by atoms with Crippen molar-refractivity contribution >= 4 is 11.8 Å². The van der Waals surface area contributed by atoms with Crippen molar-refractivity contribution in [2.75, 3.05) is 13.2 Å². The topological polar surface area (TPSA) is 91.8 Å². The summed E-state index contributed by atoms with van der Waals surface area (Å²) in [6, 6.07) is 8.12. The van der Waals surface area contributed by atoms with Crippen molar-refractivity contribution in [1.82, 2.24) is 15.2 Å². The Balaban J connectivity index is 0.00000192. The molecule has 40 heavy (non-hydrogen) atoms. The summed E-state index contributed by atoms with van der Waals surface area (Å²) in [6.07, 6.45) is 5.62. The Morgan fingerprint density at radius 3 is 2.35 bits per heavy atom. The van der Waals surface area contributed by atoms with Crippen LogP contribution in [0, 0.1) is 5.92 Å². The van der Waals surface area contributed by atoms with E-state index in [0.717, 1.165) is 31.2 Å². The van der Waals surface area contributed by atoms with Crippen molar-refractivity contribution in [3.05, 3.63) is 65.5 Å². The molecule has 0 radical (unpaired) electrons. The smallest absolute Gasteiger partial charge is 0.263 e. The van der Waals surface area contributed by atoms with E-state index < -0.39 is 18.4 Å². The molecule has 2 amide bonds. The number of nitrogens with zero attached hydrogens (tertiary/aromatic N) is 2. The zero-order chi connectivity index (χ0) is 28.9. The SMILES string of the molecule is CC.O=C(NCc1ccncc1)C(c1cccc(C(F)F)c1)N(C(=O)CCC1CCC(O)CC1)C1CCOCC1.[HH].